The van der Waals surface area contributed by atoms with E-state index >= 15 is 0 Å². The fourth-order valence-electron chi connectivity index (χ4n) is 2.07. The minimum Gasteiger partial charge on any atom is -0.497 e. The second-order valence-corrected chi connectivity index (χ2v) is 6.05. The second kappa shape index (κ2) is 7.48. The number of halogens is 1. The van der Waals surface area contributed by atoms with Crippen molar-refractivity contribution in [1.82, 2.24) is 0 Å². The minimum absolute atomic E-state index is 0.0356. The number of rotatable bonds is 6. The molecule has 0 aromatic heterocycles. The number of hydrogen-bond acceptors (Lipinski definition) is 3. The highest BCUT2D eigenvalue weighted by Crippen LogP contribution is 2.38. The molecular weight excluding hydrogens is 285 g/mol. The Morgan fingerprint density at radius 2 is 1.71 bits per heavy atom. The SMILES string of the molecule is CCC(N)C(Sc1ccc(F)cc1)c1ccc(OC)cc1. The highest BCUT2D eigenvalue weighted by molar-refractivity contribution is 7.99. The third-order valence-electron chi connectivity index (χ3n) is 3.38. The fraction of sp³-hybridized carbons (Fsp3) is 0.294. The molecule has 0 radical (unpaired) electrons. The molecule has 2 rings (SSSR count). The summed E-state index contributed by atoms with van der Waals surface area (Å²) in [4.78, 5) is 1.01. The van der Waals surface area contributed by atoms with Gasteiger partial charge in [-0.25, -0.2) is 4.39 Å². The van der Waals surface area contributed by atoms with Crippen molar-refractivity contribution in [1.29, 1.82) is 0 Å². The number of ether oxygens (including phenoxy) is 1. The molecule has 2 aromatic rings. The molecule has 21 heavy (non-hydrogen) atoms. The molecular formula is C17H20FNOS. The van der Waals surface area contributed by atoms with Crippen LogP contribution in [0, 0.1) is 5.82 Å². The molecule has 0 aliphatic carbocycles. The van der Waals surface area contributed by atoms with Crippen LogP contribution in [0.1, 0.15) is 24.2 Å². The van der Waals surface area contributed by atoms with Crippen molar-refractivity contribution >= 4 is 11.8 Å². The standard InChI is InChI=1S/C17H20FNOS/c1-3-16(19)17(12-4-8-14(20-2)9-5-12)21-15-10-6-13(18)7-11-15/h4-11,16-17H,3,19H2,1-2H3. The third-order valence-corrected chi connectivity index (χ3v) is 4.80. The smallest absolute Gasteiger partial charge is 0.123 e. The fourth-order valence-corrected chi connectivity index (χ4v) is 3.32. The lowest BCUT2D eigenvalue weighted by atomic mass is 10.0. The van der Waals surface area contributed by atoms with E-state index < -0.39 is 0 Å². The first-order valence-corrected chi connectivity index (χ1v) is 7.83. The zero-order valence-corrected chi connectivity index (χ0v) is 13.1. The van der Waals surface area contributed by atoms with Crippen LogP contribution in [0.25, 0.3) is 0 Å². The van der Waals surface area contributed by atoms with Crippen LogP contribution in [0.15, 0.2) is 53.4 Å². The average molecular weight is 305 g/mol. The summed E-state index contributed by atoms with van der Waals surface area (Å²) in [6.45, 7) is 2.08. The Morgan fingerprint density at radius 1 is 1.10 bits per heavy atom. The molecule has 2 unspecified atom stereocenters. The van der Waals surface area contributed by atoms with Gasteiger partial charge in [-0.05, 0) is 48.4 Å². The highest BCUT2D eigenvalue weighted by atomic mass is 32.2. The van der Waals surface area contributed by atoms with Gasteiger partial charge in [-0.3, -0.25) is 0 Å². The lowest BCUT2D eigenvalue weighted by Crippen LogP contribution is -2.25. The molecule has 0 fully saturated rings. The zero-order valence-electron chi connectivity index (χ0n) is 12.3. The van der Waals surface area contributed by atoms with Crippen LogP contribution in [-0.2, 0) is 0 Å². The summed E-state index contributed by atoms with van der Waals surface area (Å²) in [5.74, 6) is 0.606. The van der Waals surface area contributed by atoms with Crippen molar-refractivity contribution in [2.45, 2.75) is 29.5 Å². The Bertz CT molecular complexity index is 556. The van der Waals surface area contributed by atoms with Crippen LogP contribution in [0.3, 0.4) is 0 Å². The van der Waals surface area contributed by atoms with E-state index in [2.05, 4.69) is 6.92 Å². The first-order valence-electron chi connectivity index (χ1n) is 6.95. The van der Waals surface area contributed by atoms with Gasteiger partial charge in [0.15, 0.2) is 0 Å². The molecule has 0 saturated carbocycles. The normalized spacial score (nSPS) is 13.7. The average Bonchev–Trinajstić information content (AvgIpc) is 2.54. The topological polar surface area (TPSA) is 35.2 Å². The molecule has 2 atom stereocenters. The van der Waals surface area contributed by atoms with Crippen molar-refractivity contribution in [3.63, 3.8) is 0 Å². The number of benzene rings is 2. The number of nitrogens with two attached hydrogens (primary N) is 1. The molecule has 2 aromatic carbocycles. The summed E-state index contributed by atoms with van der Waals surface area (Å²) >= 11 is 1.66. The van der Waals surface area contributed by atoms with E-state index in [0.717, 1.165) is 22.6 Å². The molecule has 2 N–H and O–H groups in total. The molecule has 0 bridgehead atoms. The molecule has 0 heterocycles. The van der Waals surface area contributed by atoms with E-state index in [0.29, 0.717) is 0 Å². The first-order chi connectivity index (χ1) is 10.1. The van der Waals surface area contributed by atoms with E-state index in [4.69, 9.17) is 10.5 Å². The van der Waals surface area contributed by atoms with E-state index in [1.54, 1.807) is 31.0 Å². The largest absolute Gasteiger partial charge is 0.497 e. The Hall–Kier alpha value is -1.52. The summed E-state index contributed by atoms with van der Waals surface area (Å²) in [6, 6.07) is 14.5. The summed E-state index contributed by atoms with van der Waals surface area (Å²) in [6.07, 6.45) is 0.880. The van der Waals surface area contributed by atoms with Gasteiger partial charge in [0.05, 0.1) is 7.11 Å². The van der Waals surface area contributed by atoms with Gasteiger partial charge in [0, 0.05) is 16.2 Å². The van der Waals surface area contributed by atoms with Crippen LogP contribution in [0.2, 0.25) is 0 Å². The molecule has 2 nitrogen and oxygen atoms in total. The van der Waals surface area contributed by atoms with Gasteiger partial charge < -0.3 is 10.5 Å². The van der Waals surface area contributed by atoms with Crippen molar-refractivity contribution in [3.05, 3.63) is 59.9 Å². The quantitative estimate of drug-likeness (QED) is 0.803. The molecule has 0 amide bonds. The van der Waals surface area contributed by atoms with Gasteiger partial charge in [0.25, 0.3) is 0 Å². The number of hydrogen-bond donors (Lipinski definition) is 1. The monoisotopic (exact) mass is 305 g/mol. The predicted octanol–water partition coefficient (Wildman–Crippen LogP) is 4.41. The number of thioether (sulfide) groups is 1. The Labute approximate surface area is 129 Å². The maximum absolute atomic E-state index is 13.0. The van der Waals surface area contributed by atoms with E-state index in [9.17, 15) is 4.39 Å². The summed E-state index contributed by atoms with van der Waals surface area (Å²) < 4.78 is 18.2. The van der Waals surface area contributed by atoms with Crippen molar-refractivity contribution in [2.75, 3.05) is 7.11 Å². The highest BCUT2D eigenvalue weighted by Gasteiger charge is 2.20. The molecule has 0 spiro atoms. The van der Waals surface area contributed by atoms with Gasteiger partial charge in [-0.1, -0.05) is 19.1 Å². The summed E-state index contributed by atoms with van der Waals surface area (Å²) in [5, 5.41) is 0.131. The third kappa shape index (κ3) is 4.22. The van der Waals surface area contributed by atoms with Crippen LogP contribution >= 0.6 is 11.8 Å². The predicted molar refractivity (Wildman–Crippen MR) is 86.3 cm³/mol. The van der Waals surface area contributed by atoms with E-state index in [1.165, 1.54) is 12.1 Å². The van der Waals surface area contributed by atoms with Gasteiger partial charge in [0.1, 0.15) is 11.6 Å². The van der Waals surface area contributed by atoms with Crippen molar-refractivity contribution in [3.8, 4) is 5.75 Å². The van der Waals surface area contributed by atoms with E-state index in [-0.39, 0.29) is 17.1 Å². The Morgan fingerprint density at radius 3 is 2.24 bits per heavy atom. The van der Waals surface area contributed by atoms with Crippen LogP contribution in [0.4, 0.5) is 4.39 Å². The minimum atomic E-state index is -0.222. The molecule has 112 valence electrons. The zero-order chi connectivity index (χ0) is 15.2. The van der Waals surface area contributed by atoms with Crippen molar-refractivity contribution < 1.29 is 9.13 Å². The van der Waals surface area contributed by atoms with Gasteiger partial charge in [0.2, 0.25) is 0 Å². The van der Waals surface area contributed by atoms with Gasteiger partial charge in [-0.15, -0.1) is 11.8 Å². The Kier molecular flexibility index (Phi) is 5.65. The van der Waals surface area contributed by atoms with Crippen LogP contribution in [-0.4, -0.2) is 13.2 Å². The summed E-state index contributed by atoms with van der Waals surface area (Å²) in [5.41, 5.74) is 7.42. The maximum atomic E-state index is 13.0. The van der Waals surface area contributed by atoms with Gasteiger partial charge in [-0.2, -0.15) is 0 Å². The lowest BCUT2D eigenvalue weighted by Gasteiger charge is -2.23. The first kappa shape index (κ1) is 15.9. The Balaban J connectivity index is 2.22. The van der Waals surface area contributed by atoms with Crippen LogP contribution < -0.4 is 10.5 Å². The lowest BCUT2D eigenvalue weighted by molar-refractivity contribution is 0.414. The van der Waals surface area contributed by atoms with E-state index in [1.807, 2.05) is 24.3 Å². The van der Waals surface area contributed by atoms with Crippen LogP contribution in [0.5, 0.6) is 5.75 Å². The van der Waals surface area contributed by atoms with Gasteiger partial charge >= 0.3 is 0 Å². The number of methoxy groups -OCH3 is 1. The maximum Gasteiger partial charge on any atom is 0.123 e. The molecule has 0 saturated heterocycles. The van der Waals surface area contributed by atoms with Crippen molar-refractivity contribution in [2.24, 2.45) is 5.73 Å². The second-order valence-electron chi connectivity index (χ2n) is 4.84. The molecule has 0 aliphatic heterocycles. The molecule has 0 aliphatic rings. The summed E-state index contributed by atoms with van der Waals surface area (Å²) in [7, 11) is 1.65. The molecule has 4 heteroatoms.